The van der Waals surface area contributed by atoms with Crippen LogP contribution in [0.4, 0.5) is 5.82 Å². The Hall–Kier alpha value is -1.36. The van der Waals surface area contributed by atoms with Crippen LogP contribution in [0.1, 0.15) is 76.1 Å². The number of nitrogens with zero attached hydrogens (tertiary/aromatic N) is 2. The molecule has 92 valence electrons. The summed E-state index contributed by atoms with van der Waals surface area (Å²) in [5, 5.41) is 0. The summed E-state index contributed by atoms with van der Waals surface area (Å²) in [6, 6.07) is 2.18. The van der Waals surface area contributed by atoms with Gasteiger partial charge in [0.25, 0.3) is 5.82 Å². The SMILES string of the molecule is [C-]#[N+]c1nc(C(C)C)cc(C(C)C)c1C(C)C. The summed E-state index contributed by atoms with van der Waals surface area (Å²) in [5.41, 5.74) is 3.44. The fourth-order valence-electron chi connectivity index (χ4n) is 2.03. The summed E-state index contributed by atoms with van der Waals surface area (Å²) < 4.78 is 0. The smallest absolute Gasteiger partial charge is 0.273 e. The van der Waals surface area contributed by atoms with Crippen molar-refractivity contribution in [3.05, 3.63) is 34.3 Å². The molecule has 2 nitrogen and oxygen atoms in total. The van der Waals surface area contributed by atoms with Crippen molar-refractivity contribution >= 4 is 5.82 Å². The molecule has 1 aromatic heterocycles. The lowest BCUT2D eigenvalue weighted by Gasteiger charge is -2.18. The Bertz CT molecular complexity index is 437. The van der Waals surface area contributed by atoms with Crippen LogP contribution in [0, 0.1) is 6.57 Å². The van der Waals surface area contributed by atoms with Crippen molar-refractivity contribution in [3.63, 3.8) is 0 Å². The Morgan fingerprint density at radius 2 is 1.59 bits per heavy atom. The van der Waals surface area contributed by atoms with Crippen LogP contribution >= 0.6 is 0 Å². The minimum Gasteiger partial charge on any atom is -0.360 e. The van der Waals surface area contributed by atoms with E-state index in [4.69, 9.17) is 6.57 Å². The van der Waals surface area contributed by atoms with Crippen LogP contribution in [0.25, 0.3) is 4.85 Å². The van der Waals surface area contributed by atoms with E-state index in [-0.39, 0.29) is 0 Å². The van der Waals surface area contributed by atoms with Gasteiger partial charge in [0, 0.05) is 5.92 Å². The average Bonchev–Trinajstić information content (AvgIpc) is 2.26. The van der Waals surface area contributed by atoms with Crippen LogP contribution in [0.3, 0.4) is 0 Å². The van der Waals surface area contributed by atoms with E-state index in [1.54, 1.807) is 0 Å². The number of hydrogen-bond donors (Lipinski definition) is 0. The largest absolute Gasteiger partial charge is 0.360 e. The van der Waals surface area contributed by atoms with Crippen molar-refractivity contribution in [1.82, 2.24) is 4.98 Å². The summed E-state index contributed by atoms with van der Waals surface area (Å²) in [6.45, 7) is 20.2. The number of hydrogen-bond acceptors (Lipinski definition) is 1. The molecule has 0 saturated carbocycles. The average molecular weight is 230 g/mol. The highest BCUT2D eigenvalue weighted by Gasteiger charge is 2.19. The van der Waals surface area contributed by atoms with Gasteiger partial charge < -0.3 is 4.85 Å². The van der Waals surface area contributed by atoms with Crippen molar-refractivity contribution in [2.24, 2.45) is 0 Å². The fourth-order valence-corrected chi connectivity index (χ4v) is 2.03. The fraction of sp³-hybridized carbons (Fsp3) is 0.600. The molecule has 1 aromatic rings. The maximum atomic E-state index is 7.32. The predicted octanol–water partition coefficient (Wildman–Crippen LogP) is 5.00. The first-order valence-corrected chi connectivity index (χ1v) is 6.30. The molecule has 0 fully saturated rings. The van der Waals surface area contributed by atoms with E-state index < -0.39 is 0 Å². The zero-order valence-corrected chi connectivity index (χ0v) is 11.7. The molecule has 0 aliphatic heterocycles. The standard InChI is InChI=1S/C15H22N2/c1-9(2)12-8-13(10(3)4)17-15(16-7)14(12)11(5)6/h8-11H,1-6H3. The Morgan fingerprint density at radius 3 is 1.94 bits per heavy atom. The second-order valence-electron chi connectivity index (χ2n) is 5.45. The third kappa shape index (κ3) is 2.85. The van der Waals surface area contributed by atoms with Gasteiger partial charge in [-0.3, -0.25) is 0 Å². The van der Waals surface area contributed by atoms with Crippen molar-refractivity contribution in [2.75, 3.05) is 0 Å². The summed E-state index contributed by atoms with van der Waals surface area (Å²) >= 11 is 0. The molecular formula is C15H22N2. The summed E-state index contributed by atoms with van der Waals surface area (Å²) in [4.78, 5) is 8.12. The van der Waals surface area contributed by atoms with Crippen LogP contribution in [-0.4, -0.2) is 4.98 Å². The number of pyridine rings is 1. The number of aromatic nitrogens is 1. The van der Waals surface area contributed by atoms with Crippen molar-refractivity contribution in [2.45, 2.75) is 59.3 Å². The molecule has 0 atom stereocenters. The molecule has 1 heterocycles. The van der Waals surface area contributed by atoms with Crippen LogP contribution in [0.2, 0.25) is 0 Å². The molecule has 0 bridgehead atoms. The maximum absolute atomic E-state index is 7.32. The minimum atomic E-state index is 0.352. The lowest BCUT2D eigenvalue weighted by molar-refractivity contribution is 0.761. The molecule has 0 aromatic carbocycles. The van der Waals surface area contributed by atoms with Crippen molar-refractivity contribution in [3.8, 4) is 0 Å². The van der Waals surface area contributed by atoms with Gasteiger partial charge in [-0.05, 0) is 29.0 Å². The molecule has 2 heteroatoms. The van der Waals surface area contributed by atoms with Gasteiger partial charge in [-0.2, -0.15) is 0 Å². The van der Waals surface area contributed by atoms with Gasteiger partial charge >= 0.3 is 0 Å². The first-order valence-electron chi connectivity index (χ1n) is 6.30. The van der Waals surface area contributed by atoms with E-state index in [1.165, 1.54) is 5.56 Å². The molecule has 1 rings (SSSR count). The monoisotopic (exact) mass is 230 g/mol. The second kappa shape index (κ2) is 5.31. The molecule has 0 aliphatic rings. The third-order valence-corrected chi connectivity index (χ3v) is 2.99. The van der Waals surface area contributed by atoms with E-state index in [0.717, 1.165) is 11.3 Å². The molecule has 0 N–H and O–H groups in total. The second-order valence-corrected chi connectivity index (χ2v) is 5.45. The van der Waals surface area contributed by atoms with Crippen molar-refractivity contribution in [1.29, 1.82) is 0 Å². The zero-order valence-electron chi connectivity index (χ0n) is 11.7. The molecule has 0 aliphatic carbocycles. The van der Waals surface area contributed by atoms with Gasteiger partial charge in [-0.1, -0.05) is 48.1 Å². The van der Waals surface area contributed by atoms with Crippen molar-refractivity contribution < 1.29 is 0 Å². The van der Waals surface area contributed by atoms with Crippen LogP contribution < -0.4 is 0 Å². The van der Waals surface area contributed by atoms with E-state index in [0.29, 0.717) is 23.6 Å². The van der Waals surface area contributed by atoms with E-state index in [9.17, 15) is 0 Å². The molecule has 0 amide bonds. The zero-order chi connectivity index (χ0) is 13.2. The Balaban J connectivity index is 3.53. The highest BCUT2D eigenvalue weighted by atomic mass is 14.9. The first-order chi connectivity index (χ1) is 7.88. The van der Waals surface area contributed by atoms with E-state index >= 15 is 0 Å². The minimum absolute atomic E-state index is 0.352. The molecular weight excluding hydrogens is 208 g/mol. The maximum Gasteiger partial charge on any atom is 0.273 e. The topological polar surface area (TPSA) is 17.2 Å². The van der Waals surface area contributed by atoms with E-state index in [2.05, 4.69) is 57.4 Å². The van der Waals surface area contributed by atoms with E-state index in [1.807, 2.05) is 0 Å². The van der Waals surface area contributed by atoms with Crippen LogP contribution in [0.5, 0.6) is 0 Å². The molecule has 0 unspecified atom stereocenters. The molecule has 17 heavy (non-hydrogen) atoms. The van der Waals surface area contributed by atoms with Gasteiger partial charge in [-0.15, -0.1) is 4.98 Å². The summed E-state index contributed by atoms with van der Waals surface area (Å²) in [6.07, 6.45) is 0. The molecule has 0 radical (unpaired) electrons. The van der Waals surface area contributed by atoms with Gasteiger partial charge in [0.1, 0.15) is 5.69 Å². The lowest BCUT2D eigenvalue weighted by Crippen LogP contribution is -2.04. The quantitative estimate of drug-likeness (QED) is 0.668. The van der Waals surface area contributed by atoms with Crippen LogP contribution in [-0.2, 0) is 0 Å². The highest BCUT2D eigenvalue weighted by molar-refractivity contribution is 5.53. The van der Waals surface area contributed by atoms with Crippen LogP contribution in [0.15, 0.2) is 6.07 Å². The molecule has 0 spiro atoms. The Labute approximate surface area is 105 Å². The first kappa shape index (κ1) is 13.7. The van der Waals surface area contributed by atoms with Gasteiger partial charge in [0.2, 0.25) is 0 Å². The Morgan fingerprint density at radius 1 is 1.00 bits per heavy atom. The van der Waals surface area contributed by atoms with Gasteiger partial charge in [-0.25, -0.2) is 0 Å². The number of rotatable bonds is 3. The summed E-state index contributed by atoms with van der Waals surface area (Å²) in [7, 11) is 0. The molecule has 0 saturated heterocycles. The predicted molar refractivity (Wildman–Crippen MR) is 72.8 cm³/mol. The van der Waals surface area contributed by atoms with Gasteiger partial charge in [0.05, 0.1) is 0 Å². The van der Waals surface area contributed by atoms with Gasteiger partial charge in [0.15, 0.2) is 0 Å². The lowest BCUT2D eigenvalue weighted by atomic mass is 9.89. The summed E-state index contributed by atoms with van der Waals surface area (Å²) in [5.74, 6) is 1.75. The normalized spacial score (nSPS) is 11.3. The highest BCUT2D eigenvalue weighted by Crippen LogP contribution is 2.34. The third-order valence-electron chi connectivity index (χ3n) is 2.99. The Kier molecular flexibility index (Phi) is 4.28.